The molecule has 0 heterocycles. The highest BCUT2D eigenvalue weighted by Gasteiger charge is 2.35. The summed E-state index contributed by atoms with van der Waals surface area (Å²) < 4.78 is 36.3. The van der Waals surface area contributed by atoms with Gasteiger partial charge in [0.15, 0.2) is 5.84 Å². The maximum atomic E-state index is 12.1. The number of halogens is 3. The van der Waals surface area contributed by atoms with Crippen LogP contribution in [-0.4, -0.2) is 41.6 Å². The first-order chi connectivity index (χ1) is 7.60. The second kappa shape index (κ2) is 5.74. The van der Waals surface area contributed by atoms with E-state index in [1.165, 1.54) is 0 Å². The van der Waals surface area contributed by atoms with E-state index in [-0.39, 0.29) is 11.8 Å². The first-order valence-electron chi connectivity index (χ1n) is 4.89. The van der Waals surface area contributed by atoms with Gasteiger partial charge in [-0.25, -0.2) is 0 Å². The van der Waals surface area contributed by atoms with Crippen molar-refractivity contribution in [3.63, 3.8) is 0 Å². The highest BCUT2D eigenvalue weighted by molar-refractivity contribution is 6.02. The van der Waals surface area contributed by atoms with Gasteiger partial charge >= 0.3 is 6.18 Å². The minimum Gasteiger partial charge on any atom is -0.409 e. The lowest BCUT2D eigenvalue weighted by atomic mass is 9.93. The first kappa shape index (κ1) is 15.5. The van der Waals surface area contributed by atoms with Crippen LogP contribution in [0.5, 0.6) is 0 Å². The minimum atomic E-state index is -4.48. The Kier molecular flexibility index (Phi) is 5.24. The van der Waals surface area contributed by atoms with Crippen molar-refractivity contribution in [3.05, 3.63) is 0 Å². The molecule has 0 fully saturated rings. The molecule has 0 aliphatic rings. The summed E-state index contributed by atoms with van der Waals surface area (Å²) in [6, 6.07) is 0. The zero-order valence-electron chi connectivity index (χ0n) is 9.82. The average Bonchev–Trinajstić information content (AvgIpc) is 2.14. The van der Waals surface area contributed by atoms with Gasteiger partial charge < -0.3 is 15.8 Å². The van der Waals surface area contributed by atoms with Crippen LogP contribution in [-0.2, 0) is 4.79 Å². The van der Waals surface area contributed by atoms with E-state index in [4.69, 9.17) is 10.9 Å². The Labute approximate surface area is 97.1 Å². The summed E-state index contributed by atoms with van der Waals surface area (Å²) in [7, 11) is 1.02. The van der Waals surface area contributed by atoms with Gasteiger partial charge in [-0.15, -0.1) is 0 Å². The van der Waals surface area contributed by atoms with Gasteiger partial charge in [-0.3, -0.25) is 4.79 Å². The standard InChI is InChI=1S/C9H16F3N3O2/c1-5(2)6(7(13)14-17)8(16)15(3)4-9(10,11)12/h5-6,17H,4H2,1-3H3,(H2,13,14). The smallest absolute Gasteiger partial charge is 0.406 e. The Bertz CT molecular complexity index is 302. The van der Waals surface area contributed by atoms with Gasteiger partial charge in [-0.05, 0) is 5.92 Å². The normalized spacial score (nSPS) is 14.9. The van der Waals surface area contributed by atoms with Crippen LogP contribution in [0.15, 0.2) is 5.16 Å². The molecular weight excluding hydrogens is 239 g/mol. The largest absolute Gasteiger partial charge is 0.409 e. The molecule has 0 rings (SSSR count). The summed E-state index contributed by atoms with van der Waals surface area (Å²) in [5.74, 6) is -2.65. The summed E-state index contributed by atoms with van der Waals surface area (Å²) in [5, 5.41) is 11.2. The minimum absolute atomic E-state index is 0.367. The first-order valence-corrected chi connectivity index (χ1v) is 4.89. The molecule has 0 radical (unpaired) electrons. The van der Waals surface area contributed by atoms with Gasteiger partial charge in [0.2, 0.25) is 5.91 Å². The number of nitrogens with two attached hydrogens (primary N) is 1. The van der Waals surface area contributed by atoms with Gasteiger partial charge in [0.25, 0.3) is 0 Å². The molecule has 17 heavy (non-hydrogen) atoms. The second-order valence-electron chi connectivity index (χ2n) is 4.06. The number of alkyl halides is 3. The highest BCUT2D eigenvalue weighted by Crippen LogP contribution is 2.19. The lowest BCUT2D eigenvalue weighted by Crippen LogP contribution is -2.45. The molecule has 0 aromatic heterocycles. The molecule has 1 amide bonds. The third-order valence-electron chi connectivity index (χ3n) is 2.16. The van der Waals surface area contributed by atoms with Gasteiger partial charge in [0, 0.05) is 7.05 Å². The number of oxime groups is 1. The molecule has 3 N–H and O–H groups in total. The van der Waals surface area contributed by atoms with Crippen LogP contribution in [0.2, 0.25) is 0 Å². The molecule has 0 spiro atoms. The van der Waals surface area contributed by atoms with Crippen LogP contribution < -0.4 is 5.73 Å². The Hall–Kier alpha value is -1.47. The number of hydrogen-bond donors (Lipinski definition) is 2. The summed E-state index contributed by atoms with van der Waals surface area (Å²) in [4.78, 5) is 12.2. The van der Waals surface area contributed by atoms with Crippen LogP contribution in [0, 0.1) is 11.8 Å². The number of hydrogen-bond acceptors (Lipinski definition) is 3. The Morgan fingerprint density at radius 3 is 2.24 bits per heavy atom. The number of rotatable bonds is 4. The number of carbonyl (C=O) groups is 1. The van der Waals surface area contributed by atoms with Gasteiger partial charge in [0.1, 0.15) is 12.5 Å². The van der Waals surface area contributed by atoms with Crippen molar-refractivity contribution in [2.45, 2.75) is 20.0 Å². The molecule has 1 atom stereocenters. The Morgan fingerprint density at radius 1 is 1.47 bits per heavy atom. The molecule has 8 heteroatoms. The number of carbonyl (C=O) groups excluding carboxylic acids is 1. The van der Waals surface area contributed by atoms with Crippen molar-refractivity contribution in [2.24, 2.45) is 22.7 Å². The molecule has 0 aliphatic heterocycles. The SMILES string of the molecule is CC(C)C(C(=O)N(C)CC(F)(F)F)C(N)=NO. The third-order valence-corrected chi connectivity index (χ3v) is 2.16. The Morgan fingerprint density at radius 2 is 1.94 bits per heavy atom. The fourth-order valence-electron chi connectivity index (χ4n) is 1.40. The zero-order valence-corrected chi connectivity index (χ0v) is 9.82. The second-order valence-corrected chi connectivity index (χ2v) is 4.06. The number of nitrogens with zero attached hydrogens (tertiary/aromatic N) is 2. The predicted octanol–water partition coefficient (Wildman–Crippen LogP) is 1.03. The van der Waals surface area contributed by atoms with Crippen molar-refractivity contribution >= 4 is 11.7 Å². The predicted molar refractivity (Wildman–Crippen MR) is 55.4 cm³/mol. The van der Waals surface area contributed by atoms with Crippen LogP contribution in [0.3, 0.4) is 0 Å². The van der Waals surface area contributed by atoms with E-state index in [1.807, 2.05) is 0 Å². The molecule has 100 valence electrons. The maximum Gasteiger partial charge on any atom is 0.406 e. The van der Waals surface area contributed by atoms with E-state index in [2.05, 4.69) is 5.16 Å². The lowest BCUT2D eigenvalue weighted by Gasteiger charge is -2.25. The molecule has 5 nitrogen and oxygen atoms in total. The summed E-state index contributed by atoms with van der Waals surface area (Å²) in [5.41, 5.74) is 5.29. The highest BCUT2D eigenvalue weighted by atomic mass is 19.4. The lowest BCUT2D eigenvalue weighted by molar-refractivity contribution is -0.160. The monoisotopic (exact) mass is 255 g/mol. The maximum absolute atomic E-state index is 12.1. The Balaban J connectivity index is 4.86. The number of amidine groups is 1. The topological polar surface area (TPSA) is 78.9 Å². The molecule has 0 aromatic carbocycles. The van der Waals surface area contributed by atoms with E-state index in [9.17, 15) is 18.0 Å². The zero-order chi connectivity index (χ0) is 13.8. The van der Waals surface area contributed by atoms with Crippen molar-refractivity contribution in [3.8, 4) is 0 Å². The average molecular weight is 255 g/mol. The van der Waals surface area contributed by atoms with E-state index < -0.39 is 24.5 Å². The molecule has 0 aliphatic carbocycles. The van der Waals surface area contributed by atoms with E-state index in [1.54, 1.807) is 13.8 Å². The molecule has 0 saturated heterocycles. The van der Waals surface area contributed by atoms with Crippen molar-refractivity contribution in [2.75, 3.05) is 13.6 Å². The summed E-state index contributed by atoms with van der Waals surface area (Å²) >= 11 is 0. The fraction of sp³-hybridized carbons (Fsp3) is 0.778. The van der Waals surface area contributed by atoms with Crippen LogP contribution in [0.4, 0.5) is 13.2 Å². The molecular formula is C9H16F3N3O2. The van der Waals surface area contributed by atoms with E-state index >= 15 is 0 Å². The summed E-state index contributed by atoms with van der Waals surface area (Å²) in [6.45, 7) is 1.83. The molecule has 1 unspecified atom stereocenters. The van der Waals surface area contributed by atoms with Crippen molar-refractivity contribution in [1.29, 1.82) is 0 Å². The van der Waals surface area contributed by atoms with Crippen molar-refractivity contribution < 1.29 is 23.2 Å². The van der Waals surface area contributed by atoms with Crippen LogP contribution in [0.1, 0.15) is 13.8 Å². The quantitative estimate of drug-likeness (QED) is 0.341. The van der Waals surface area contributed by atoms with Gasteiger partial charge in [0.05, 0.1) is 0 Å². The van der Waals surface area contributed by atoms with Crippen LogP contribution in [0.25, 0.3) is 0 Å². The van der Waals surface area contributed by atoms with E-state index in [0.29, 0.717) is 4.90 Å². The summed E-state index contributed by atoms with van der Waals surface area (Å²) in [6.07, 6.45) is -4.48. The van der Waals surface area contributed by atoms with Gasteiger partial charge in [-0.2, -0.15) is 13.2 Å². The molecule has 0 bridgehead atoms. The number of amides is 1. The third kappa shape index (κ3) is 4.92. The molecule has 0 aromatic rings. The van der Waals surface area contributed by atoms with E-state index in [0.717, 1.165) is 7.05 Å². The fourth-order valence-corrected chi connectivity index (χ4v) is 1.40. The van der Waals surface area contributed by atoms with Gasteiger partial charge in [-0.1, -0.05) is 19.0 Å². The molecule has 0 saturated carbocycles. The van der Waals surface area contributed by atoms with Crippen molar-refractivity contribution in [1.82, 2.24) is 4.90 Å². The van der Waals surface area contributed by atoms with Crippen LogP contribution >= 0.6 is 0 Å².